The molecule has 1 aliphatic rings. The number of benzene rings is 1. The molecule has 1 aromatic rings. The number of rotatable bonds is 10. The summed E-state index contributed by atoms with van der Waals surface area (Å²) in [4.78, 5) is 49.1. The van der Waals surface area contributed by atoms with Crippen LogP contribution in [0.5, 0.6) is 5.75 Å². The first kappa shape index (κ1) is 23.2. The minimum Gasteiger partial charge on any atom is -0.494 e. The van der Waals surface area contributed by atoms with Crippen LogP contribution in [-0.4, -0.2) is 60.9 Å². The van der Waals surface area contributed by atoms with Gasteiger partial charge in [0.25, 0.3) is 11.8 Å². The average Bonchev–Trinajstić information content (AvgIpc) is 2.76. The van der Waals surface area contributed by atoms with Gasteiger partial charge in [0.2, 0.25) is 5.91 Å². The Morgan fingerprint density at radius 2 is 1.90 bits per heavy atom. The third-order valence-corrected chi connectivity index (χ3v) is 4.78. The van der Waals surface area contributed by atoms with Crippen molar-refractivity contribution in [3.8, 4) is 5.75 Å². The molecule has 1 saturated heterocycles. The highest BCUT2D eigenvalue weighted by atomic mass is 16.5. The molecule has 0 radical (unpaired) electrons. The molecule has 9 nitrogen and oxygen atoms in total. The Balaban J connectivity index is 1.74. The standard InChI is InChI=1S/C21H29N3O6/c1-2-3-12-29-16-9-7-15(8-10-16)21(28)23-13-19(26)30-14-18(25)24-11-5-4-6-17(24)20(22)27/h7-10,17H,2-6,11-14H2,1H3,(H2,22,27)(H,23,28)/t17-/m0/s1. The number of hydrogen-bond donors (Lipinski definition) is 2. The topological polar surface area (TPSA) is 128 Å². The Morgan fingerprint density at radius 1 is 1.17 bits per heavy atom. The molecule has 0 bridgehead atoms. The van der Waals surface area contributed by atoms with Gasteiger partial charge in [0.1, 0.15) is 18.3 Å². The summed E-state index contributed by atoms with van der Waals surface area (Å²) < 4.78 is 10.5. The summed E-state index contributed by atoms with van der Waals surface area (Å²) >= 11 is 0. The average molecular weight is 419 g/mol. The van der Waals surface area contributed by atoms with Gasteiger partial charge in [0.05, 0.1) is 6.61 Å². The predicted octanol–water partition coefficient (Wildman–Crippen LogP) is 1.00. The first-order chi connectivity index (χ1) is 14.4. The van der Waals surface area contributed by atoms with E-state index < -0.39 is 36.3 Å². The SMILES string of the molecule is CCCCOc1ccc(C(=O)NCC(=O)OCC(=O)N2CCCC[C@H]2C(N)=O)cc1. The number of amides is 3. The van der Waals surface area contributed by atoms with E-state index >= 15 is 0 Å². The lowest BCUT2D eigenvalue weighted by Gasteiger charge is -2.33. The molecule has 0 aromatic heterocycles. The van der Waals surface area contributed by atoms with Gasteiger partial charge in [-0.25, -0.2) is 0 Å². The fourth-order valence-electron chi connectivity index (χ4n) is 3.09. The Bertz CT molecular complexity index is 750. The number of carbonyl (C=O) groups is 4. The van der Waals surface area contributed by atoms with Crippen LogP contribution in [0.4, 0.5) is 0 Å². The fourth-order valence-corrected chi connectivity index (χ4v) is 3.09. The van der Waals surface area contributed by atoms with Gasteiger partial charge in [0.15, 0.2) is 6.61 Å². The van der Waals surface area contributed by atoms with Crippen molar-refractivity contribution in [2.24, 2.45) is 5.73 Å². The molecule has 1 atom stereocenters. The molecular formula is C21H29N3O6. The summed E-state index contributed by atoms with van der Waals surface area (Å²) in [5.41, 5.74) is 5.71. The normalized spacial score (nSPS) is 15.9. The van der Waals surface area contributed by atoms with E-state index in [0.717, 1.165) is 25.7 Å². The van der Waals surface area contributed by atoms with Crippen LogP contribution in [-0.2, 0) is 19.1 Å². The first-order valence-corrected chi connectivity index (χ1v) is 10.2. The van der Waals surface area contributed by atoms with Crippen LogP contribution in [0.3, 0.4) is 0 Å². The van der Waals surface area contributed by atoms with Crippen LogP contribution in [0.25, 0.3) is 0 Å². The van der Waals surface area contributed by atoms with E-state index in [2.05, 4.69) is 12.2 Å². The number of hydrogen-bond acceptors (Lipinski definition) is 6. The highest BCUT2D eigenvalue weighted by Crippen LogP contribution is 2.17. The van der Waals surface area contributed by atoms with Crippen LogP contribution in [0.1, 0.15) is 49.4 Å². The fraction of sp³-hybridized carbons (Fsp3) is 0.524. The summed E-state index contributed by atoms with van der Waals surface area (Å²) in [6, 6.07) is 5.92. The molecule has 3 amide bonds. The van der Waals surface area contributed by atoms with Crippen molar-refractivity contribution in [1.82, 2.24) is 10.2 Å². The zero-order chi connectivity index (χ0) is 21.9. The molecular weight excluding hydrogens is 390 g/mol. The van der Waals surface area contributed by atoms with Crippen LogP contribution in [0.2, 0.25) is 0 Å². The number of likely N-dealkylation sites (tertiary alicyclic amines) is 1. The van der Waals surface area contributed by atoms with E-state index in [1.165, 1.54) is 4.90 Å². The van der Waals surface area contributed by atoms with Gasteiger partial charge in [-0.15, -0.1) is 0 Å². The number of nitrogens with zero attached hydrogens (tertiary/aromatic N) is 1. The summed E-state index contributed by atoms with van der Waals surface area (Å²) in [6.07, 6.45) is 4.07. The first-order valence-electron chi connectivity index (χ1n) is 10.2. The van der Waals surface area contributed by atoms with E-state index in [-0.39, 0.29) is 6.54 Å². The Morgan fingerprint density at radius 3 is 2.57 bits per heavy atom. The minimum atomic E-state index is -0.746. The van der Waals surface area contributed by atoms with Crippen LogP contribution in [0.15, 0.2) is 24.3 Å². The maximum Gasteiger partial charge on any atom is 0.325 e. The van der Waals surface area contributed by atoms with Gasteiger partial charge < -0.3 is 25.4 Å². The van der Waals surface area contributed by atoms with Crippen molar-refractivity contribution in [2.45, 2.75) is 45.1 Å². The molecule has 0 aliphatic carbocycles. The highest BCUT2D eigenvalue weighted by molar-refractivity contribution is 5.96. The maximum absolute atomic E-state index is 12.2. The quantitative estimate of drug-likeness (QED) is 0.430. The van der Waals surface area contributed by atoms with Crippen molar-refractivity contribution in [3.05, 3.63) is 29.8 Å². The van der Waals surface area contributed by atoms with E-state index in [9.17, 15) is 19.2 Å². The molecule has 2 rings (SSSR count). The Hall–Kier alpha value is -3.10. The summed E-state index contributed by atoms with van der Waals surface area (Å²) in [7, 11) is 0. The van der Waals surface area contributed by atoms with Gasteiger partial charge in [-0.05, 0) is 49.9 Å². The van der Waals surface area contributed by atoms with E-state index in [4.69, 9.17) is 15.2 Å². The zero-order valence-corrected chi connectivity index (χ0v) is 17.2. The van der Waals surface area contributed by atoms with Gasteiger partial charge in [0, 0.05) is 12.1 Å². The lowest BCUT2D eigenvalue weighted by Crippen LogP contribution is -2.51. The minimum absolute atomic E-state index is 0.374. The smallest absolute Gasteiger partial charge is 0.325 e. The van der Waals surface area contributed by atoms with Gasteiger partial charge >= 0.3 is 5.97 Å². The van der Waals surface area contributed by atoms with E-state index in [1.54, 1.807) is 24.3 Å². The molecule has 1 aliphatic heterocycles. The zero-order valence-electron chi connectivity index (χ0n) is 17.2. The molecule has 0 saturated carbocycles. The second kappa shape index (κ2) is 11.8. The van der Waals surface area contributed by atoms with Crippen molar-refractivity contribution in [1.29, 1.82) is 0 Å². The molecule has 0 spiro atoms. The third-order valence-electron chi connectivity index (χ3n) is 4.78. The van der Waals surface area contributed by atoms with Crippen molar-refractivity contribution in [2.75, 3.05) is 26.3 Å². The van der Waals surface area contributed by atoms with Gasteiger partial charge in [-0.1, -0.05) is 13.3 Å². The maximum atomic E-state index is 12.2. The number of ether oxygens (including phenoxy) is 2. The van der Waals surface area contributed by atoms with E-state index in [1.807, 2.05) is 0 Å². The summed E-state index contributed by atoms with van der Waals surface area (Å²) in [5, 5.41) is 2.45. The van der Waals surface area contributed by atoms with Crippen LogP contribution in [0, 0.1) is 0 Å². The molecule has 0 unspecified atom stereocenters. The number of primary amides is 1. The molecule has 9 heteroatoms. The second-order valence-electron chi connectivity index (χ2n) is 7.07. The Kier molecular flexibility index (Phi) is 9.11. The summed E-state index contributed by atoms with van der Waals surface area (Å²) in [5.74, 6) is -1.56. The third kappa shape index (κ3) is 7.06. The molecule has 30 heavy (non-hydrogen) atoms. The lowest BCUT2D eigenvalue weighted by molar-refractivity contribution is -0.154. The van der Waals surface area contributed by atoms with Crippen molar-refractivity contribution < 1.29 is 28.7 Å². The largest absolute Gasteiger partial charge is 0.494 e. The summed E-state index contributed by atoms with van der Waals surface area (Å²) in [6.45, 7) is 2.22. The number of esters is 1. The Labute approximate surface area is 175 Å². The number of carbonyl (C=O) groups excluding carboxylic acids is 4. The lowest BCUT2D eigenvalue weighted by atomic mass is 10.0. The van der Waals surface area contributed by atoms with Crippen molar-refractivity contribution in [3.63, 3.8) is 0 Å². The van der Waals surface area contributed by atoms with E-state index in [0.29, 0.717) is 30.9 Å². The number of nitrogens with one attached hydrogen (secondary N) is 1. The number of unbranched alkanes of at least 4 members (excludes halogenated alkanes) is 1. The van der Waals surface area contributed by atoms with Crippen molar-refractivity contribution >= 4 is 23.7 Å². The molecule has 3 N–H and O–H groups in total. The van der Waals surface area contributed by atoms with Gasteiger partial charge in [-0.3, -0.25) is 19.2 Å². The highest BCUT2D eigenvalue weighted by Gasteiger charge is 2.30. The molecule has 1 heterocycles. The monoisotopic (exact) mass is 419 g/mol. The molecule has 1 fully saturated rings. The molecule has 164 valence electrons. The number of piperidine rings is 1. The second-order valence-corrected chi connectivity index (χ2v) is 7.07. The van der Waals surface area contributed by atoms with Gasteiger partial charge in [-0.2, -0.15) is 0 Å². The van der Waals surface area contributed by atoms with Crippen LogP contribution >= 0.6 is 0 Å². The molecule has 1 aromatic carbocycles. The number of nitrogens with two attached hydrogens (primary N) is 1. The predicted molar refractivity (Wildman–Crippen MR) is 109 cm³/mol. The van der Waals surface area contributed by atoms with Crippen LogP contribution < -0.4 is 15.8 Å².